The van der Waals surface area contributed by atoms with Crippen molar-refractivity contribution >= 4 is 34.9 Å². The van der Waals surface area contributed by atoms with E-state index in [0.717, 1.165) is 11.8 Å². The summed E-state index contributed by atoms with van der Waals surface area (Å²) in [6, 6.07) is 3.85. The highest BCUT2D eigenvalue weighted by Crippen LogP contribution is 2.24. The molecule has 3 rings (SSSR count). The van der Waals surface area contributed by atoms with E-state index in [1.165, 1.54) is 18.3 Å². The number of nitrogens with two attached hydrogens (primary N) is 1. The Morgan fingerprint density at radius 1 is 1.28 bits per heavy atom. The van der Waals surface area contributed by atoms with Crippen LogP contribution in [-0.2, 0) is 4.74 Å². The van der Waals surface area contributed by atoms with Crippen LogP contribution >= 0.6 is 0 Å². The Morgan fingerprint density at radius 3 is 2.62 bits per heavy atom. The highest BCUT2D eigenvalue weighted by molar-refractivity contribution is 6.10. The van der Waals surface area contributed by atoms with E-state index in [0.29, 0.717) is 43.8 Å². The fraction of sp³-hybridized carbons (Fsp3) is 0.370. The number of allylic oxidation sites excluding steroid dienone is 1. The predicted octanol–water partition coefficient (Wildman–Crippen LogP) is 2.95. The number of halogens is 1. The average Bonchev–Trinajstić information content (AvgIpc) is 2.92. The molecule has 12 heteroatoms. The van der Waals surface area contributed by atoms with E-state index in [-0.39, 0.29) is 28.2 Å². The average molecular weight is 538 g/mol. The second kappa shape index (κ2) is 13.0. The van der Waals surface area contributed by atoms with Gasteiger partial charge in [-0.2, -0.15) is 0 Å². The Bertz CT molecular complexity index is 1290. The first-order chi connectivity index (χ1) is 18.6. The molecule has 11 nitrogen and oxygen atoms in total. The van der Waals surface area contributed by atoms with Crippen LogP contribution in [0.15, 0.2) is 58.9 Å². The van der Waals surface area contributed by atoms with Crippen molar-refractivity contribution in [2.75, 3.05) is 50.6 Å². The van der Waals surface area contributed by atoms with Crippen molar-refractivity contribution in [1.29, 1.82) is 0 Å². The number of hydrogen-bond donors (Lipinski definition) is 4. The van der Waals surface area contributed by atoms with Gasteiger partial charge in [0.05, 0.1) is 25.1 Å². The molecule has 1 aromatic heterocycles. The van der Waals surface area contributed by atoms with Crippen molar-refractivity contribution in [3.05, 3.63) is 66.0 Å². The summed E-state index contributed by atoms with van der Waals surface area (Å²) in [7, 11) is 3.38. The molecule has 208 valence electrons. The number of hydrogen-bond acceptors (Lipinski definition) is 9. The molecule has 0 aliphatic carbocycles. The van der Waals surface area contributed by atoms with Gasteiger partial charge in [-0.25, -0.2) is 19.4 Å². The highest BCUT2D eigenvalue weighted by Gasteiger charge is 2.20. The molecule has 0 atom stereocenters. The quantitative estimate of drug-likeness (QED) is 0.297. The number of anilines is 2. The van der Waals surface area contributed by atoms with Crippen LogP contribution in [0.3, 0.4) is 0 Å². The van der Waals surface area contributed by atoms with Gasteiger partial charge in [-0.1, -0.05) is 27.4 Å². The fourth-order valence-corrected chi connectivity index (χ4v) is 3.77. The van der Waals surface area contributed by atoms with Crippen LogP contribution in [0.1, 0.15) is 36.8 Å². The third kappa shape index (κ3) is 7.60. The molecule has 0 spiro atoms. The first-order valence-corrected chi connectivity index (χ1v) is 12.5. The van der Waals surface area contributed by atoms with E-state index in [2.05, 4.69) is 42.5 Å². The standard InChI is InChI=1S/C27H36FN9O2/c1-7-32-20-16-33-26(37-10-12-39-13-11-37)36-23(20)24(29)34-19-14-17(8-9-18(19)28)25(38)35-22(31-6)15-21(30-5)27(2,3)4/h7-9,14-16,30,32H,1,10-13H2,2-6H3,(H2,29,34)(H,31,35,38). The van der Waals surface area contributed by atoms with Crippen LogP contribution in [-0.4, -0.2) is 67.9 Å². The first kappa shape index (κ1) is 29.2. The summed E-state index contributed by atoms with van der Waals surface area (Å²) in [6.45, 7) is 12.1. The van der Waals surface area contributed by atoms with Crippen LogP contribution in [0.2, 0.25) is 0 Å². The number of amidine groups is 2. The van der Waals surface area contributed by atoms with Gasteiger partial charge in [0, 0.05) is 43.9 Å². The van der Waals surface area contributed by atoms with Crippen LogP contribution < -0.4 is 26.6 Å². The zero-order valence-corrected chi connectivity index (χ0v) is 23.0. The van der Waals surface area contributed by atoms with Crippen molar-refractivity contribution in [3.8, 4) is 0 Å². The molecule has 1 saturated heterocycles. The molecule has 1 fully saturated rings. The molecule has 1 aliphatic heterocycles. The topological polar surface area (TPSA) is 142 Å². The number of carbonyl (C=O) groups is 1. The monoisotopic (exact) mass is 537 g/mol. The van der Waals surface area contributed by atoms with Crippen LogP contribution in [0.25, 0.3) is 0 Å². The number of aliphatic imine (C=N–C) groups is 2. The van der Waals surface area contributed by atoms with Crippen molar-refractivity contribution in [3.63, 3.8) is 0 Å². The Morgan fingerprint density at radius 2 is 2.00 bits per heavy atom. The zero-order valence-electron chi connectivity index (χ0n) is 23.0. The third-order valence-corrected chi connectivity index (χ3v) is 5.86. The zero-order chi connectivity index (χ0) is 28.6. The summed E-state index contributed by atoms with van der Waals surface area (Å²) >= 11 is 0. The van der Waals surface area contributed by atoms with Gasteiger partial charge in [-0.05, 0) is 30.5 Å². The summed E-state index contributed by atoms with van der Waals surface area (Å²) in [5.74, 6) is -0.382. The van der Waals surface area contributed by atoms with Gasteiger partial charge < -0.3 is 31.3 Å². The first-order valence-electron chi connectivity index (χ1n) is 12.5. The SMILES string of the molecule is C=CNc1cnc(N2CCOCC2)nc1C(N)=Nc1cc(C(=O)NC(C=C(NC)C(C)(C)C)=NC)ccc1F. The Labute approximate surface area is 228 Å². The van der Waals surface area contributed by atoms with E-state index >= 15 is 0 Å². The number of amides is 1. The Kier molecular flexibility index (Phi) is 9.72. The van der Waals surface area contributed by atoms with Crippen LogP contribution in [0.4, 0.5) is 21.7 Å². The molecule has 2 heterocycles. The van der Waals surface area contributed by atoms with E-state index in [9.17, 15) is 9.18 Å². The van der Waals surface area contributed by atoms with Gasteiger partial charge in [0.25, 0.3) is 5.91 Å². The number of benzene rings is 1. The minimum absolute atomic E-state index is 0.0599. The number of aromatic nitrogens is 2. The summed E-state index contributed by atoms with van der Waals surface area (Å²) in [5.41, 5.74) is 7.78. The molecule has 1 aromatic carbocycles. The van der Waals surface area contributed by atoms with Crippen LogP contribution in [0.5, 0.6) is 0 Å². The predicted molar refractivity (Wildman–Crippen MR) is 153 cm³/mol. The lowest BCUT2D eigenvalue weighted by atomic mass is 9.91. The summed E-state index contributed by atoms with van der Waals surface area (Å²) in [6.07, 6.45) is 4.77. The number of rotatable bonds is 8. The van der Waals surface area contributed by atoms with E-state index < -0.39 is 11.7 Å². The number of nitrogens with one attached hydrogen (secondary N) is 3. The lowest BCUT2D eigenvalue weighted by Crippen LogP contribution is -2.37. The third-order valence-electron chi connectivity index (χ3n) is 5.86. The lowest BCUT2D eigenvalue weighted by molar-refractivity contribution is 0.0977. The largest absolute Gasteiger partial charge is 0.391 e. The molecule has 0 saturated carbocycles. The smallest absolute Gasteiger partial charge is 0.256 e. The molecule has 39 heavy (non-hydrogen) atoms. The summed E-state index contributed by atoms with van der Waals surface area (Å²) in [4.78, 5) is 32.4. The number of nitrogens with zero attached hydrogens (tertiary/aromatic N) is 5. The minimum atomic E-state index is -0.648. The maximum absolute atomic E-state index is 14.8. The normalized spacial score (nSPS) is 15.1. The van der Waals surface area contributed by atoms with Crippen molar-refractivity contribution in [2.24, 2.45) is 21.1 Å². The van der Waals surface area contributed by atoms with Crippen molar-refractivity contribution in [2.45, 2.75) is 20.8 Å². The summed E-state index contributed by atoms with van der Waals surface area (Å²) < 4.78 is 20.2. The van der Waals surface area contributed by atoms with Gasteiger partial charge in [0.2, 0.25) is 5.95 Å². The number of carbonyl (C=O) groups excluding carboxylic acids is 1. The van der Waals surface area contributed by atoms with Gasteiger partial charge in [-0.15, -0.1) is 0 Å². The molecule has 5 N–H and O–H groups in total. The van der Waals surface area contributed by atoms with Gasteiger partial charge >= 0.3 is 0 Å². The molecular weight excluding hydrogens is 501 g/mol. The number of morpholine rings is 1. The minimum Gasteiger partial charge on any atom is -0.391 e. The van der Waals surface area contributed by atoms with E-state index in [1.807, 2.05) is 25.7 Å². The molecular formula is C27H36FN9O2. The maximum atomic E-state index is 14.8. The fourth-order valence-electron chi connectivity index (χ4n) is 3.77. The van der Waals surface area contributed by atoms with Crippen molar-refractivity contribution in [1.82, 2.24) is 20.6 Å². The van der Waals surface area contributed by atoms with E-state index in [4.69, 9.17) is 10.5 Å². The van der Waals surface area contributed by atoms with Crippen molar-refractivity contribution < 1.29 is 13.9 Å². The Balaban J connectivity index is 1.92. The summed E-state index contributed by atoms with van der Waals surface area (Å²) in [5, 5.41) is 8.81. The molecule has 1 amide bonds. The molecule has 1 aliphatic rings. The molecule has 0 radical (unpaired) electrons. The maximum Gasteiger partial charge on any atom is 0.256 e. The van der Waals surface area contributed by atoms with Gasteiger partial charge in [0.1, 0.15) is 23.0 Å². The van der Waals surface area contributed by atoms with Gasteiger partial charge in [0.15, 0.2) is 5.84 Å². The Hall–Kier alpha value is -4.32. The highest BCUT2D eigenvalue weighted by atomic mass is 19.1. The van der Waals surface area contributed by atoms with Crippen LogP contribution in [0, 0.1) is 11.2 Å². The lowest BCUT2D eigenvalue weighted by Gasteiger charge is -2.27. The molecule has 0 unspecified atom stereocenters. The van der Waals surface area contributed by atoms with E-state index in [1.54, 1.807) is 26.4 Å². The second-order valence-electron chi connectivity index (χ2n) is 9.66. The molecule has 0 bridgehead atoms. The number of ether oxygens (including phenoxy) is 1. The van der Waals surface area contributed by atoms with Gasteiger partial charge in [-0.3, -0.25) is 9.79 Å². The molecule has 2 aromatic rings. The second-order valence-corrected chi connectivity index (χ2v) is 9.66.